The summed E-state index contributed by atoms with van der Waals surface area (Å²) >= 11 is 0. The van der Waals surface area contributed by atoms with Crippen LogP contribution < -0.4 is 0 Å². The first kappa shape index (κ1) is 14.7. The molecule has 0 atom stereocenters. The highest BCUT2D eigenvalue weighted by Crippen LogP contribution is 2.27. The summed E-state index contributed by atoms with van der Waals surface area (Å²) in [5.41, 5.74) is 5.46. The van der Waals surface area contributed by atoms with Gasteiger partial charge in [0.05, 0.1) is 0 Å². The van der Waals surface area contributed by atoms with Crippen LogP contribution in [0.5, 0.6) is 0 Å². The van der Waals surface area contributed by atoms with Crippen molar-refractivity contribution in [1.29, 1.82) is 0 Å². The Labute approximate surface area is 99.1 Å². The third kappa shape index (κ3) is 3.35. The summed E-state index contributed by atoms with van der Waals surface area (Å²) < 4.78 is 0. The van der Waals surface area contributed by atoms with Gasteiger partial charge in [-0.2, -0.15) is 0 Å². The zero-order valence-corrected chi connectivity index (χ0v) is 10.7. The maximum atomic E-state index is 7.00. The van der Waals surface area contributed by atoms with Gasteiger partial charge in [-0.05, 0) is 35.6 Å². The minimum absolute atomic E-state index is 1.00. The summed E-state index contributed by atoms with van der Waals surface area (Å²) in [7, 11) is 1.00. The molecule has 0 saturated carbocycles. The molecular formula is C15H22O. The van der Waals surface area contributed by atoms with Crippen molar-refractivity contribution in [1.82, 2.24) is 0 Å². The van der Waals surface area contributed by atoms with Crippen molar-refractivity contribution in [3.8, 4) is 0 Å². The largest absolute Gasteiger partial charge is 0.400 e. The lowest BCUT2D eigenvalue weighted by Crippen LogP contribution is -1.83. The van der Waals surface area contributed by atoms with Crippen molar-refractivity contribution in [2.24, 2.45) is 0 Å². The molecule has 1 N–H and O–H groups in total. The van der Waals surface area contributed by atoms with Gasteiger partial charge in [-0.25, -0.2) is 0 Å². The van der Waals surface area contributed by atoms with Crippen LogP contribution in [0, 0.1) is 0 Å². The Balaban J connectivity index is 0.000000509. The topological polar surface area (TPSA) is 20.2 Å². The molecule has 0 fully saturated rings. The molecule has 88 valence electrons. The molecule has 0 aliphatic heterocycles. The van der Waals surface area contributed by atoms with Gasteiger partial charge in [0, 0.05) is 7.11 Å². The molecule has 1 nitrogen and oxygen atoms in total. The van der Waals surface area contributed by atoms with Gasteiger partial charge >= 0.3 is 0 Å². The van der Waals surface area contributed by atoms with Crippen molar-refractivity contribution in [2.45, 2.75) is 27.2 Å². The van der Waals surface area contributed by atoms with E-state index in [2.05, 4.69) is 37.8 Å². The van der Waals surface area contributed by atoms with E-state index in [0.29, 0.717) is 0 Å². The maximum Gasteiger partial charge on any atom is 0.0319 e. The molecule has 0 saturated heterocycles. The number of benzene rings is 1. The smallest absolute Gasteiger partial charge is 0.0319 e. The maximum absolute atomic E-state index is 7.00. The first-order chi connectivity index (χ1) is 7.81. The molecule has 0 bridgehead atoms. The van der Waals surface area contributed by atoms with Crippen molar-refractivity contribution in [2.75, 3.05) is 7.11 Å². The molecule has 1 aliphatic rings. The average Bonchev–Trinajstić information content (AvgIpc) is 2.75. The number of fused-ring (bicyclic) bond motifs is 1. The van der Waals surface area contributed by atoms with E-state index in [-0.39, 0.29) is 0 Å². The summed E-state index contributed by atoms with van der Waals surface area (Å²) in [5, 5.41) is 7.00. The number of aliphatic hydroxyl groups excluding tert-OH is 1. The monoisotopic (exact) mass is 218 g/mol. The number of hydrogen-bond acceptors (Lipinski definition) is 1. The highest BCUT2D eigenvalue weighted by atomic mass is 16.2. The lowest BCUT2D eigenvalue weighted by molar-refractivity contribution is 0.399. The van der Waals surface area contributed by atoms with Crippen molar-refractivity contribution in [3.63, 3.8) is 0 Å². The van der Waals surface area contributed by atoms with Gasteiger partial charge in [0.2, 0.25) is 0 Å². The fourth-order valence-corrected chi connectivity index (χ4v) is 1.67. The van der Waals surface area contributed by atoms with Crippen LogP contribution in [0.25, 0.3) is 11.6 Å². The fourth-order valence-electron chi connectivity index (χ4n) is 1.67. The predicted octanol–water partition coefficient (Wildman–Crippen LogP) is 3.92. The van der Waals surface area contributed by atoms with Gasteiger partial charge in [-0.15, -0.1) is 0 Å². The first-order valence-corrected chi connectivity index (χ1v) is 5.68. The Morgan fingerprint density at radius 3 is 2.44 bits per heavy atom. The summed E-state index contributed by atoms with van der Waals surface area (Å²) in [5.74, 6) is 0. The molecule has 0 aromatic heterocycles. The summed E-state index contributed by atoms with van der Waals surface area (Å²) in [6.45, 7) is 9.92. The normalized spacial score (nSPS) is 11.2. The van der Waals surface area contributed by atoms with Gasteiger partial charge in [-0.1, -0.05) is 50.8 Å². The summed E-state index contributed by atoms with van der Waals surface area (Å²) in [4.78, 5) is 0. The molecule has 1 aromatic carbocycles. The Morgan fingerprint density at radius 1 is 1.25 bits per heavy atom. The summed E-state index contributed by atoms with van der Waals surface area (Å²) in [6, 6.07) is 6.52. The third-order valence-corrected chi connectivity index (χ3v) is 2.42. The van der Waals surface area contributed by atoms with Gasteiger partial charge in [0.1, 0.15) is 0 Å². The van der Waals surface area contributed by atoms with Crippen molar-refractivity contribution >= 4 is 11.6 Å². The quantitative estimate of drug-likeness (QED) is 0.757. The number of hydrogen-bond donors (Lipinski definition) is 1. The molecule has 16 heavy (non-hydrogen) atoms. The molecule has 1 heteroatoms. The molecular weight excluding hydrogens is 196 g/mol. The molecule has 1 aromatic rings. The van der Waals surface area contributed by atoms with Gasteiger partial charge in [-0.3, -0.25) is 0 Å². The van der Waals surface area contributed by atoms with Crippen LogP contribution in [-0.4, -0.2) is 12.2 Å². The van der Waals surface area contributed by atoms with E-state index < -0.39 is 0 Å². The van der Waals surface area contributed by atoms with Gasteiger partial charge < -0.3 is 5.11 Å². The van der Waals surface area contributed by atoms with E-state index in [0.717, 1.165) is 13.5 Å². The van der Waals surface area contributed by atoms with Crippen LogP contribution in [0.4, 0.5) is 0 Å². The van der Waals surface area contributed by atoms with Crippen LogP contribution in [-0.2, 0) is 6.42 Å². The van der Waals surface area contributed by atoms with Crippen molar-refractivity contribution < 1.29 is 5.11 Å². The zero-order chi connectivity index (χ0) is 12.6. The SMILES string of the molecule is C=Cc1ccc2c(c1)CC=C2C.CC.CO. The predicted molar refractivity (Wildman–Crippen MR) is 73.4 cm³/mol. The number of aliphatic hydroxyl groups is 1. The van der Waals surface area contributed by atoms with Crippen LogP contribution in [0.1, 0.15) is 37.5 Å². The fraction of sp³-hybridized carbons (Fsp3) is 0.333. The molecule has 0 spiro atoms. The minimum atomic E-state index is 1.00. The minimum Gasteiger partial charge on any atom is -0.400 e. The lowest BCUT2D eigenvalue weighted by Gasteiger charge is -2.01. The highest BCUT2D eigenvalue weighted by molar-refractivity contribution is 5.72. The molecule has 0 heterocycles. The number of rotatable bonds is 1. The van der Waals surface area contributed by atoms with E-state index in [9.17, 15) is 0 Å². The number of allylic oxidation sites excluding steroid dienone is 2. The van der Waals surface area contributed by atoms with Crippen LogP contribution in [0.2, 0.25) is 0 Å². The third-order valence-electron chi connectivity index (χ3n) is 2.42. The van der Waals surface area contributed by atoms with Crippen LogP contribution in [0.15, 0.2) is 30.9 Å². The Hall–Kier alpha value is -1.34. The second-order valence-electron chi connectivity index (χ2n) is 3.21. The van der Waals surface area contributed by atoms with E-state index >= 15 is 0 Å². The van der Waals surface area contributed by atoms with E-state index in [1.807, 2.05) is 19.9 Å². The Morgan fingerprint density at radius 2 is 1.88 bits per heavy atom. The Bertz CT molecular complexity index is 362. The Kier molecular flexibility index (Phi) is 7.23. The average molecular weight is 218 g/mol. The van der Waals surface area contributed by atoms with Crippen LogP contribution >= 0.6 is 0 Å². The second kappa shape index (κ2) is 7.89. The van der Waals surface area contributed by atoms with Crippen molar-refractivity contribution in [3.05, 3.63) is 47.5 Å². The molecule has 0 radical (unpaired) electrons. The summed E-state index contributed by atoms with van der Waals surface area (Å²) in [6.07, 6.45) is 5.26. The zero-order valence-electron chi connectivity index (χ0n) is 10.7. The van der Waals surface area contributed by atoms with Gasteiger partial charge in [0.15, 0.2) is 0 Å². The molecule has 1 aliphatic carbocycles. The lowest BCUT2D eigenvalue weighted by atomic mass is 10.0. The van der Waals surface area contributed by atoms with E-state index in [4.69, 9.17) is 5.11 Å². The standard InChI is InChI=1S/C12H12.C2H6.CH4O/c1-3-10-5-7-12-9(2)4-6-11(12)8-10;2*1-2/h3-5,7-8H,1,6H2,2H3;1-2H3;2H,1H3. The molecule has 0 unspecified atom stereocenters. The van der Waals surface area contributed by atoms with E-state index in [1.165, 1.54) is 22.3 Å². The molecule has 2 rings (SSSR count). The first-order valence-electron chi connectivity index (χ1n) is 5.68. The molecule has 0 amide bonds. The highest BCUT2D eigenvalue weighted by Gasteiger charge is 2.09. The van der Waals surface area contributed by atoms with E-state index in [1.54, 1.807) is 0 Å². The van der Waals surface area contributed by atoms with Gasteiger partial charge in [0.25, 0.3) is 0 Å². The van der Waals surface area contributed by atoms with Crippen LogP contribution in [0.3, 0.4) is 0 Å². The second-order valence-corrected chi connectivity index (χ2v) is 3.21.